The van der Waals surface area contributed by atoms with E-state index in [4.69, 9.17) is 12.2 Å². The Hall–Kier alpha value is -3.42. The topological polar surface area (TPSA) is 59.0 Å². The monoisotopic (exact) mass is 569 g/mol. The van der Waals surface area contributed by atoms with Crippen molar-refractivity contribution in [1.82, 2.24) is 4.90 Å². The van der Waals surface area contributed by atoms with Gasteiger partial charge in [0.25, 0.3) is 0 Å². The fraction of sp³-hybridized carbons (Fsp3) is 0.364. The van der Waals surface area contributed by atoms with Crippen molar-refractivity contribution in [1.29, 1.82) is 0 Å². The first-order valence-electron chi connectivity index (χ1n) is 14.9. The molecule has 40 heavy (non-hydrogen) atoms. The number of carbonyl (C=O) groups excluding carboxylic acids is 1. The molecule has 7 heteroatoms. The molecule has 0 radical (unpaired) electrons. The van der Waals surface area contributed by atoms with Crippen molar-refractivity contribution in [3.8, 4) is 23.0 Å². The van der Waals surface area contributed by atoms with E-state index in [1.165, 1.54) is 11.3 Å². The quantitative estimate of drug-likeness (QED) is 0.204. The van der Waals surface area contributed by atoms with Gasteiger partial charge in [-0.3, -0.25) is 14.1 Å². The summed E-state index contributed by atoms with van der Waals surface area (Å²) in [5.74, 6) is 1.52. The number of thiophene rings is 1. The lowest BCUT2D eigenvalue weighted by atomic mass is 10.1. The molecule has 1 aromatic heterocycles. The van der Waals surface area contributed by atoms with E-state index in [9.17, 15) is 14.3 Å². The average Bonchev–Trinajstić information content (AvgIpc) is 3.35. The number of ether oxygens (including phenoxy) is 2. The Morgan fingerprint density at radius 3 is 2.23 bits per heavy atom. The van der Waals surface area contributed by atoms with E-state index in [-0.39, 0.29) is 24.1 Å². The van der Waals surface area contributed by atoms with Crippen LogP contribution in [0.25, 0.3) is 10.1 Å². The van der Waals surface area contributed by atoms with E-state index in [0.717, 1.165) is 10.1 Å². The molecule has 5 rings (SSSR count). The van der Waals surface area contributed by atoms with Gasteiger partial charge in [-0.1, -0.05) is 71.9 Å². The minimum Gasteiger partial charge on any atom is -0.508 e. The van der Waals surface area contributed by atoms with Crippen LogP contribution in [0.1, 0.15) is 65.9 Å². The smallest absolute Gasteiger partial charge is 0.206 e. The highest BCUT2D eigenvalue weighted by atomic mass is 32.1. The molecule has 0 unspecified atom stereocenters. The number of aromatic hydroxyl groups is 1. The minimum atomic E-state index is -1.67. The van der Waals surface area contributed by atoms with Crippen LogP contribution in [0, 0.1) is 0 Å². The molecule has 0 amide bonds. The van der Waals surface area contributed by atoms with E-state index < -0.39 is 13.2 Å². The molecule has 1 fully saturated rings. The zero-order valence-corrected chi connectivity index (χ0v) is 25.1. The normalized spacial score (nSPS) is 13.6. The van der Waals surface area contributed by atoms with Gasteiger partial charge in [0.05, 0.1) is 6.67 Å². The zero-order valence-electron chi connectivity index (χ0n) is 26.2. The predicted molar refractivity (Wildman–Crippen MR) is 165 cm³/mol. The predicted octanol–water partition coefficient (Wildman–Crippen LogP) is 9.13. The summed E-state index contributed by atoms with van der Waals surface area (Å²) in [6, 6.07) is 20.9. The number of likely N-dealkylation sites (tertiary alicyclic amines) is 1. The molecular formula is C33H42FNO4S. The fourth-order valence-corrected chi connectivity index (χ4v) is 4.90. The number of nitrogens with zero attached hydrogens (tertiary/aromatic N) is 1. The van der Waals surface area contributed by atoms with Crippen molar-refractivity contribution in [3.05, 3.63) is 83.2 Å². The van der Waals surface area contributed by atoms with Crippen molar-refractivity contribution in [2.24, 2.45) is 0 Å². The van der Waals surface area contributed by atoms with Crippen molar-refractivity contribution in [2.45, 2.75) is 54.1 Å². The van der Waals surface area contributed by atoms with Crippen LogP contribution in [0.5, 0.6) is 23.0 Å². The third-order valence-corrected chi connectivity index (χ3v) is 6.63. The number of phenolic OH excluding ortho intramolecular Hbond substituents is 1. The molecule has 0 bridgehead atoms. The van der Waals surface area contributed by atoms with Crippen LogP contribution in [-0.4, -0.2) is 48.2 Å². The van der Waals surface area contributed by atoms with Crippen LogP contribution in [0.4, 0.5) is 4.39 Å². The Bertz CT molecular complexity index is 1370. The first-order valence-corrected chi connectivity index (χ1v) is 14.8. The fourth-order valence-electron chi connectivity index (χ4n) is 3.77. The highest BCUT2D eigenvalue weighted by Gasteiger charge is 2.28. The second kappa shape index (κ2) is 17.3. The maximum absolute atomic E-state index is 13.3. The van der Waals surface area contributed by atoms with Crippen LogP contribution in [0.15, 0.2) is 72.8 Å². The molecule has 3 aromatic carbocycles. The average molecular weight is 570 g/mol. The van der Waals surface area contributed by atoms with Crippen LogP contribution in [0.3, 0.4) is 0 Å². The molecule has 4 aromatic rings. The summed E-state index contributed by atoms with van der Waals surface area (Å²) < 4.78 is 41.2. The molecular weight excluding hydrogens is 525 g/mol. The zero-order chi connectivity index (χ0) is 31.3. The molecule has 1 aliphatic rings. The molecule has 1 saturated heterocycles. The molecule has 0 spiro atoms. The number of rotatable bonds is 9. The van der Waals surface area contributed by atoms with Gasteiger partial charge in [0.1, 0.15) is 28.2 Å². The summed E-state index contributed by atoms with van der Waals surface area (Å²) >= 11 is 1.27. The van der Waals surface area contributed by atoms with Crippen LogP contribution in [-0.2, 0) is 0 Å². The molecule has 0 saturated carbocycles. The highest BCUT2D eigenvalue weighted by Crippen LogP contribution is 2.42. The van der Waals surface area contributed by atoms with Gasteiger partial charge in [0, 0.05) is 38.0 Å². The summed E-state index contributed by atoms with van der Waals surface area (Å²) in [6.45, 7) is 10.4. The van der Waals surface area contributed by atoms with Crippen LogP contribution in [0.2, 0.25) is 0 Å². The molecule has 0 atom stereocenters. The number of fused-ring (bicyclic) bond motifs is 1. The Kier molecular flexibility index (Phi) is 12.8. The maximum Gasteiger partial charge on any atom is 0.206 e. The highest BCUT2D eigenvalue weighted by molar-refractivity contribution is 7.21. The van der Waals surface area contributed by atoms with E-state index in [2.05, 4.69) is 0 Å². The number of ketones is 1. The van der Waals surface area contributed by atoms with Gasteiger partial charge in [-0.05, 0) is 48.9 Å². The third-order valence-electron chi connectivity index (χ3n) is 5.49. The standard InChI is InChI=1S/C27H24FNO4S.3C2H6/c28-13-4-14-29-16-22(17-29)32-20-8-10-21(11-9-20)33-26-23-12-7-19(30)15-24(23)34-27(26)25(31)18-5-2-1-3-6-18;3*1-2/h1-3,5-12,15,22,30H,4,13-14,16-17H2;3*1-2H3/i14D2;;;. The molecule has 1 aliphatic heterocycles. The van der Waals surface area contributed by atoms with E-state index in [1.54, 1.807) is 59.5 Å². The van der Waals surface area contributed by atoms with E-state index in [1.807, 2.05) is 59.7 Å². The third kappa shape index (κ3) is 8.54. The lowest BCUT2D eigenvalue weighted by Crippen LogP contribution is -2.53. The molecule has 2 heterocycles. The number of alkyl halides is 1. The van der Waals surface area contributed by atoms with Crippen LogP contribution >= 0.6 is 11.3 Å². The van der Waals surface area contributed by atoms with Crippen molar-refractivity contribution in [3.63, 3.8) is 0 Å². The van der Waals surface area contributed by atoms with Crippen LogP contribution < -0.4 is 9.47 Å². The largest absolute Gasteiger partial charge is 0.508 e. The Morgan fingerprint density at radius 2 is 1.60 bits per heavy atom. The Labute approximate surface area is 245 Å². The van der Waals surface area contributed by atoms with E-state index in [0.29, 0.717) is 40.8 Å². The van der Waals surface area contributed by atoms with Gasteiger partial charge in [-0.25, -0.2) is 0 Å². The summed E-state index contributed by atoms with van der Waals surface area (Å²) in [7, 11) is 0. The summed E-state index contributed by atoms with van der Waals surface area (Å²) in [6.07, 6.45) is -0.327. The number of halogens is 1. The van der Waals surface area contributed by atoms with Gasteiger partial charge in [0.15, 0.2) is 5.75 Å². The maximum atomic E-state index is 13.3. The summed E-state index contributed by atoms with van der Waals surface area (Å²) in [5, 5.41) is 10.6. The van der Waals surface area contributed by atoms with Crippen molar-refractivity contribution in [2.75, 3.05) is 26.3 Å². The van der Waals surface area contributed by atoms with Gasteiger partial charge in [-0.15, -0.1) is 11.3 Å². The van der Waals surface area contributed by atoms with Gasteiger partial charge in [-0.2, -0.15) is 0 Å². The molecule has 1 N–H and O–H groups in total. The second-order valence-corrected chi connectivity index (χ2v) is 9.00. The van der Waals surface area contributed by atoms with Gasteiger partial charge in [0.2, 0.25) is 5.78 Å². The second-order valence-electron chi connectivity index (χ2n) is 7.95. The number of phenols is 1. The summed E-state index contributed by atoms with van der Waals surface area (Å²) in [5.41, 5.74) is 0.548. The lowest BCUT2D eigenvalue weighted by Gasteiger charge is -2.38. The van der Waals surface area contributed by atoms with E-state index >= 15 is 0 Å². The van der Waals surface area contributed by atoms with Gasteiger partial charge >= 0.3 is 0 Å². The SMILES string of the molecule is CC.CC.CC.[2H]C([2H])(CCF)N1CC(Oc2ccc(Oc3c(C(=O)c4ccccc4)sc4cc(O)ccc34)cc2)C1. The first-order chi connectivity index (χ1) is 20.3. The molecule has 216 valence electrons. The number of carbonyl (C=O) groups is 1. The Morgan fingerprint density at radius 1 is 0.975 bits per heavy atom. The number of benzene rings is 3. The molecule has 0 aliphatic carbocycles. The first kappa shape index (κ1) is 29.6. The number of hydrogen-bond donors (Lipinski definition) is 1. The Balaban J connectivity index is 0.000000966. The molecule has 5 nitrogen and oxygen atoms in total. The van der Waals surface area contributed by atoms with Crippen molar-refractivity contribution < 1.29 is 26.5 Å². The summed E-state index contributed by atoms with van der Waals surface area (Å²) in [4.78, 5) is 15.3. The van der Waals surface area contributed by atoms with Crippen molar-refractivity contribution >= 4 is 27.2 Å². The lowest BCUT2D eigenvalue weighted by molar-refractivity contribution is 0.0184. The van der Waals surface area contributed by atoms with Gasteiger partial charge < -0.3 is 14.6 Å². The minimum absolute atomic E-state index is 0.114. The number of hydrogen-bond acceptors (Lipinski definition) is 6.